The van der Waals surface area contributed by atoms with Crippen LogP contribution in [0.1, 0.15) is 43.0 Å². The number of aliphatic hydroxyl groups is 1. The van der Waals surface area contributed by atoms with Crippen molar-refractivity contribution in [3.8, 4) is 17.2 Å². The van der Waals surface area contributed by atoms with Crippen LogP contribution in [0, 0.1) is 6.92 Å². The second-order valence-electron chi connectivity index (χ2n) is 10.0. The smallest absolute Gasteiger partial charge is 0.295 e. The quantitative estimate of drug-likeness (QED) is 0.276. The number of ether oxygens (including phenoxy) is 4. The van der Waals surface area contributed by atoms with Gasteiger partial charge in [-0.05, 0) is 57.0 Å². The first-order chi connectivity index (χ1) is 18.8. The van der Waals surface area contributed by atoms with Crippen molar-refractivity contribution in [3.63, 3.8) is 0 Å². The van der Waals surface area contributed by atoms with Crippen LogP contribution in [0.15, 0.2) is 42.0 Å². The van der Waals surface area contributed by atoms with E-state index in [4.69, 9.17) is 18.9 Å². The van der Waals surface area contributed by atoms with Crippen LogP contribution in [-0.2, 0) is 14.3 Å². The van der Waals surface area contributed by atoms with E-state index < -0.39 is 17.7 Å². The van der Waals surface area contributed by atoms with Crippen molar-refractivity contribution in [3.05, 3.63) is 58.7 Å². The summed E-state index contributed by atoms with van der Waals surface area (Å²) in [5, 5.41) is 11.5. The van der Waals surface area contributed by atoms with E-state index in [1.165, 1.54) is 19.1 Å². The lowest BCUT2D eigenvalue weighted by Crippen LogP contribution is -2.39. The minimum atomic E-state index is -0.841. The number of amides is 1. The Balaban J connectivity index is 1.76. The molecule has 1 atom stereocenters. The molecule has 0 aromatic heterocycles. The van der Waals surface area contributed by atoms with Crippen LogP contribution in [0.5, 0.6) is 17.2 Å². The second-order valence-corrected chi connectivity index (χ2v) is 10.0. The Hall–Kier alpha value is -3.56. The number of morpholine rings is 1. The van der Waals surface area contributed by atoms with Crippen molar-refractivity contribution in [2.75, 3.05) is 53.6 Å². The summed E-state index contributed by atoms with van der Waals surface area (Å²) in [5.74, 6) is -0.0409. The van der Waals surface area contributed by atoms with Gasteiger partial charge in [-0.3, -0.25) is 14.5 Å². The molecule has 2 heterocycles. The number of benzene rings is 2. The van der Waals surface area contributed by atoms with Gasteiger partial charge in [0.1, 0.15) is 11.5 Å². The highest BCUT2D eigenvalue weighted by molar-refractivity contribution is 6.46. The van der Waals surface area contributed by atoms with Gasteiger partial charge in [-0.2, -0.15) is 0 Å². The first-order valence-corrected chi connectivity index (χ1v) is 13.3. The largest absolute Gasteiger partial charge is 0.507 e. The molecule has 2 aromatic rings. The van der Waals surface area contributed by atoms with Gasteiger partial charge < -0.3 is 29.0 Å². The summed E-state index contributed by atoms with van der Waals surface area (Å²) in [5.41, 5.74) is 1.83. The summed E-state index contributed by atoms with van der Waals surface area (Å²) < 4.78 is 22.5. The predicted molar refractivity (Wildman–Crippen MR) is 147 cm³/mol. The third-order valence-corrected chi connectivity index (χ3v) is 7.06. The zero-order valence-electron chi connectivity index (χ0n) is 23.4. The molecular weight excluding hydrogens is 500 g/mol. The molecule has 9 heteroatoms. The number of Topliss-reactive ketones (excluding diaryl/α,β-unsaturated/α-hetero) is 1. The van der Waals surface area contributed by atoms with E-state index in [0.29, 0.717) is 54.6 Å². The van der Waals surface area contributed by atoms with Crippen LogP contribution < -0.4 is 14.2 Å². The first kappa shape index (κ1) is 28.4. The molecule has 2 fully saturated rings. The van der Waals surface area contributed by atoms with Crippen LogP contribution in [0.4, 0.5) is 0 Å². The molecular formula is C30H38N2O7. The maximum Gasteiger partial charge on any atom is 0.295 e. The number of para-hydroxylation sites is 1. The number of hydrogen-bond donors (Lipinski definition) is 1. The number of likely N-dealkylation sites (tertiary alicyclic amines) is 1. The molecule has 210 valence electrons. The van der Waals surface area contributed by atoms with Crippen molar-refractivity contribution in [1.82, 2.24) is 9.80 Å². The SMILES string of the molecule is COc1cccc([C@@H]2C(=C(O)c3ccc(OC(C)C)c(C)c3)C(=O)C(=O)N2CCCN2CCOCC2)c1OC. The molecule has 39 heavy (non-hydrogen) atoms. The molecule has 0 bridgehead atoms. The summed E-state index contributed by atoms with van der Waals surface area (Å²) in [6.45, 7) is 9.91. The molecule has 0 unspecified atom stereocenters. The van der Waals surface area contributed by atoms with Crippen LogP contribution in [-0.4, -0.2) is 86.3 Å². The van der Waals surface area contributed by atoms with Gasteiger partial charge in [0.05, 0.1) is 45.2 Å². The molecule has 9 nitrogen and oxygen atoms in total. The fraction of sp³-hybridized carbons (Fsp3) is 0.467. The number of aryl methyl sites for hydroxylation is 1. The van der Waals surface area contributed by atoms with E-state index >= 15 is 0 Å². The lowest BCUT2D eigenvalue weighted by Gasteiger charge is -2.30. The van der Waals surface area contributed by atoms with Gasteiger partial charge in [0, 0.05) is 37.3 Å². The van der Waals surface area contributed by atoms with Gasteiger partial charge in [0.15, 0.2) is 11.5 Å². The molecule has 0 spiro atoms. The minimum Gasteiger partial charge on any atom is -0.507 e. The van der Waals surface area contributed by atoms with Gasteiger partial charge >= 0.3 is 0 Å². The third-order valence-electron chi connectivity index (χ3n) is 7.06. The molecule has 0 radical (unpaired) electrons. The van der Waals surface area contributed by atoms with E-state index in [9.17, 15) is 14.7 Å². The average Bonchev–Trinajstić information content (AvgIpc) is 3.18. The summed E-state index contributed by atoms with van der Waals surface area (Å²) in [4.78, 5) is 30.7. The Labute approximate surface area is 229 Å². The van der Waals surface area contributed by atoms with E-state index in [-0.39, 0.29) is 17.4 Å². The number of carbonyl (C=O) groups excluding carboxylic acids is 2. The number of nitrogens with zero attached hydrogens (tertiary/aromatic N) is 2. The van der Waals surface area contributed by atoms with Crippen molar-refractivity contribution < 1.29 is 33.6 Å². The van der Waals surface area contributed by atoms with Crippen molar-refractivity contribution in [2.45, 2.75) is 39.3 Å². The monoisotopic (exact) mass is 538 g/mol. The molecule has 2 aliphatic heterocycles. The molecule has 2 saturated heterocycles. The highest BCUT2D eigenvalue weighted by Crippen LogP contribution is 2.45. The normalized spacial score (nSPS) is 19.5. The van der Waals surface area contributed by atoms with Crippen LogP contribution in [0.25, 0.3) is 5.76 Å². The number of hydrogen-bond acceptors (Lipinski definition) is 8. The standard InChI is InChI=1S/C30H38N2O7/c1-19(2)39-23-11-10-21(18-20(23)3)27(33)25-26(22-8-6-9-24(36-4)29(22)37-5)32(30(35)28(25)34)13-7-12-31-14-16-38-17-15-31/h6,8-11,18-19,26,33H,7,12-17H2,1-5H3/t26-/m1/s1. The summed E-state index contributed by atoms with van der Waals surface area (Å²) >= 11 is 0. The second kappa shape index (κ2) is 12.5. The molecule has 1 amide bonds. The highest BCUT2D eigenvalue weighted by Gasteiger charge is 2.47. The Kier molecular flexibility index (Phi) is 9.14. The number of methoxy groups -OCH3 is 2. The summed E-state index contributed by atoms with van der Waals surface area (Å²) in [7, 11) is 3.05. The van der Waals surface area contributed by atoms with Gasteiger partial charge in [0.25, 0.3) is 11.7 Å². The van der Waals surface area contributed by atoms with Crippen molar-refractivity contribution >= 4 is 17.4 Å². The van der Waals surface area contributed by atoms with E-state index in [1.54, 1.807) is 36.4 Å². The maximum atomic E-state index is 13.5. The zero-order chi connectivity index (χ0) is 28.1. The molecule has 0 saturated carbocycles. The lowest BCUT2D eigenvalue weighted by molar-refractivity contribution is -0.140. The van der Waals surface area contributed by atoms with Gasteiger partial charge in [-0.25, -0.2) is 0 Å². The van der Waals surface area contributed by atoms with E-state index in [1.807, 2.05) is 20.8 Å². The van der Waals surface area contributed by atoms with Crippen molar-refractivity contribution in [2.24, 2.45) is 0 Å². The number of aliphatic hydroxyl groups excluding tert-OH is 1. The number of rotatable bonds is 10. The van der Waals surface area contributed by atoms with Crippen LogP contribution in [0.2, 0.25) is 0 Å². The summed E-state index contributed by atoms with van der Waals surface area (Å²) in [6, 6.07) is 9.72. The fourth-order valence-corrected chi connectivity index (χ4v) is 5.19. The Morgan fingerprint density at radius 2 is 1.79 bits per heavy atom. The highest BCUT2D eigenvalue weighted by atomic mass is 16.5. The average molecular weight is 539 g/mol. The van der Waals surface area contributed by atoms with Crippen LogP contribution in [0.3, 0.4) is 0 Å². The Bertz CT molecular complexity index is 1230. The first-order valence-electron chi connectivity index (χ1n) is 13.3. The van der Waals surface area contributed by atoms with Gasteiger partial charge in [0.2, 0.25) is 0 Å². The molecule has 2 aromatic carbocycles. The third kappa shape index (κ3) is 6.04. The number of carbonyl (C=O) groups is 2. The fourth-order valence-electron chi connectivity index (χ4n) is 5.19. The minimum absolute atomic E-state index is 0.00791. The topological polar surface area (TPSA) is 97.8 Å². The predicted octanol–water partition coefficient (Wildman–Crippen LogP) is 3.94. The van der Waals surface area contributed by atoms with Crippen LogP contribution >= 0.6 is 0 Å². The van der Waals surface area contributed by atoms with Gasteiger partial charge in [-0.15, -0.1) is 0 Å². The van der Waals surface area contributed by atoms with E-state index in [2.05, 4.69) is 4.90 Å². The van der Waals surface area contributed by atoms with Crippen molar-refractivity contribution in [1.29, 1.82) is 0 Å². The lowest BCUT2D eigenvalue weighted by atomic mass is 9.93. The zero-order valence-corrected chi connectivity index (χ0v) is 23.4. The number of ketones is 1. The van der Waals surface area contributed by atoms with E-state index in [0.717, 1.165) is 25.2 Å². The molecule has 4 rings (SSSR count). The van der Waals surface area contributed by atoms with Gasteiger partial charge in [-0.1, -0.05) is 12.1 Å². The Morgan fingerprint density at radius 3 is 2.44 bits per heavy atom. The summed E-state index contributed by atoms with van der Waals surface area (Å²) in [6.07, 6.45) is 0.655. The maximum absolute atomic E-state index is 13.5. The Morgan fingerprint density at radius 1 is 1.05 bits per heavy atom. The molecule has 0 aliphatic carbocycles. The molecule has 1 N–H and O–H groups in total. The molecule has 2 aliphatic rings.